The van der Waals surface area contributed by atoms with Gasteiger partial charge in [-0.15, -0.1) is 0 Å². The fourth-order valence-corrected chi connectivity index (χ4v) is 4.99. The van der Waals surface area contributed by atoms with Crippen LogP contribution in [-0.4, -0.2) is 45.1 Å². The van der Waals surface area contributed by atoms with Gasteiger partial charge in [0.2, 0.25) is 0 Å². The first-order chi connectivity index (χ1) is 13.3. The first-order valence-corrected chi connectivity index (χ1v) is 10.7. The Morgan fingerprint density at radius 2 is 2.04 bits per heavy atom. The Kier molecular flexibility index (Phi) is 6.53. The normalized spacial score (nSPS) is 29.1. The molecule has 3 unspecified atom stereocenters. The lowest BCUT2D eigenvalue weighted by Gasteiger charge is -2.33. The highest BCUT2D eigenvalue weighted by molar-refractivity contribution is 5.46. The van der Waals surface area contributed by atoms with E-state index in [1.165, 1.54) is 37.7 Å². The number of methoxy groups -OCH3 is 1. The van der Waals surface area contributed by atoms with E-state index in [9.17, 15) is 0 Å². The van der Waals surface area contributed by atoms with Gasteiger partial charge in [0.1, 0.15) is 0 Å². The Hall–Kier alpha value is -1.30. The van der Waals surface area contributed by atoms with E-state index in [0.717, 1.165) is 50.6 Å². The van der Waals surface area contributed by atoms with Crippen LogP contribution in [0, 0.1) is 5.92 Å². The van der Waals surface area contributed by atoms with Crippen LogP contribution in [0.25, 0.3) is 0 Å². The average molecular weight is 375 g/mol. The Balaban J connectivity index is 1.42. The van der Waals surface area contributed by atoms with Gasteiger partial charge in [-0.2, -0.15) is 0 Å². The number of rotatable bonds is 7. The van der Waals surface area contributed by atoms with E-state index < -0.39 is 0 Å². The fourth-order valence-electron chi connectivity index (χ4n) is 4.99. The van der Waals surface area contributed by atoms with Gasteiger partial charge in [0.15, 0.2) is 11.5 Å². The van der Waals surface area contributed by atoms with Gasteiger partial charge in [-0.25, -0.2) is 0 Å². The molecule has 3 atom stereocenters. The van der Waals surface area contributed by atoms with Gasteiger partial charge in [-0.05, 0) is 50.5 Å². The van der Waals surface area contributed by atoms with Crippen molar-refractivity contribution in [3.05, 3.63) is 23.8 Å². The topological polar surface area (TPSA) is 51.8 Å². The Bertz CT molecular complexity index is 597. The van der Waals surface area contributed by atoms with E-state index in [2.05, 4.69) is 22.8 Å². The summed E-state index contributed by atoms with van der Waals surface area (Å²) < 4.78 is 17.7. The van der Waals surface area contributed by atoms with Gasteiger partial charge in [-0.3, -0.25) is 0 Å². The maximum absolute atomic E-state index is 6.39. The zero-order valence-corrected chi connectivity index (χ0v) is 16.5. The molecule has 2 saturated carbocycles. The van der Waals surface area contributed by atoms with Crippen LogP contribution in [0.3, 0.4) is 0 Å². The average Bonchev–Trinajstić information content (AvgIpc) is 3.39. The zero-order chi connectivity index (χ0) is 18.5. The fraction of sp³-hybridized carbons (Fsp3) is 0.727. The summed E-state index contributed by atoms with van der Waals surface area (Å²) >= 11 is 0. The van der Waals surface area contributed by atoms with Crippen molar-refractivity contribution in [1.29, 1.82) is 0 Å². The minimum absolute atomic E-state index is 0.336. The molecule has 1 aliphatic heterocycles. The summed E-state index contributed by atoms with van der Waals surface area (Å²) in [4.78, 5) is 0. The standard InChI is InChI=1S/C22H34N2O3/c1-25-21-11-4-6-16(22(21)27-17-7-2-3-8-17)14-24-19-10-5-9-18(19)20-15-26-13-12-23-20/h4,6,11,17-20,23-24H,2-3,5,7-10,12-15H2,1H3. The van der Waals surface area contributed by atoms with E-state index in [-0.39, 0.29) is 0 Å². The molecule has 0 amide bonds. The van der Waals surface area contributed by atoms with Crippen molar-refractivity contribution < 1.29 is 14.2 Å². The molecular weight excluding hydrogens is 340 g/mol. The molecule has 150 valence electrons. The smallest absolute Gasteiger partial charge is 0.166 e. The second-order valence-electron chi connectivity index (χ2n) is 8.19. The maximum Gasteiger partial charge on any atom is 0.166 e. The Morgan fingerprint density at radius 3 is 2.81 bits per heavy atom. The molecule has 1 aromatic carbocycles. The molecule has 3 fully saturated rings. The number of morpholine rings is 1. The molecule has 5 heteroatoms. The molecular formula is C22H34N2O3. The summed E-state index contributed by atoms with van der Waals surface area (Å²) in [5.74, 6) is 2.44. The van der Waals surface area contributed by atoms with Crippen molar-refractivity contribution in [1.82, 2.24) is 10.6 Å². The van der Waals surface area contributed by atoms with Gasteiger partial charge in [0.05, 0.1) is 26.4 Å². The monoisotopic (exact) mass is 374 g/mol. The van der Waals surface area contributed by atoms with Crippen LogP contribution in [-0.2, 0) is 11.3 Å². The molecule has 3 aliphatic rings. The van der Waals surface area contributed by atoms with Crippen LogP contribution in [0.2, 0.25) is 0 Å². The van der Waals surface area contributed by atoms with Crippen molar-refractivity contribution >= 4 is 0 Å². The van der Waals surface area contributed by atoms with Crippen LogP contribution in [0.4, 0.5) is 0 Å². The lowest BCUT2D eigenvalue weighted by atomic mass is 9.94. The number of hydrogen-bond acceptors (Lipinski definition) is 5. The first kappa shape index (κ1) is 19.0. The number of nitrogens with one attached hydrogen (secondary N) is 2. The van der Waals surface area contributed by atoms with Gasteiger partial charge < -0.3 is 24.8 Å². The summed E-state index contributed by atoms with van der Waals surface area (Å²) in [7, 11) is 1.73. The van der Waals surface area contributed by atoms with Crippen LogP contribution < -0.4 is 20.1 Å². The number of ether oxygens (including phenoxy) is 3. The highest BCUT2D eigenvalue weighted by atomic mass is 16.5. The van der Waals surface area contributed by atoms with Crippen LogP contribution in [0.5, 0.6) is 11.5 Å². The molecule has 0 aromatic heterocycles. The summed E-state index contributed by atoms with van der Waals surface area (Å²) in [5.41, 5.74) is 1.21. The first-order valence-electron chi connectivity index (χ1n) is 10.7. The van der Waals surface area contributed by atoms with E-state index in [0.29, 0.717) is 24.1 Å². The minimum atomic E-state index is 0.336. The van der Waals surface area contributed by atoms with Gasteiger partial charge >= 0.3 is 0 Å². The lowest BCUT2D eigenvalue weighted by molar-refractivity contribution is 0.0524. The molecule has 1 saturated heterocycles. The summed E-state index contributed by atoms with van der Waals surface area (Å²) in [6.07, 6.45) is 9.01. The molecule has 1 heterocycles. The number of para-hydroxylation sites is 1. The SMILES string of the molecule is COc1cccc(CNC2CCCC2C2COCCN2)c1OC1CCCC1. The molecule has 1 aromatic rings. The van der Waals surface area contributed by atoms with E-state index in [1.807, 2.05) is 6.07 Å². The largest absolute Gasteiger partial charge is 0.493 e. The molecule has 2 N–H and O–H groups in total. The third kappa shape index (κ3) is 4.58. The summed E-state index contributed by atoms with van der Waals surface area (Å²) in [6.45, 7) is 3.49. The minimum Gasteiger partial charge on any atom is -0.493 e. The predicted octanol–water partition coefficient (Wildman–Crippen LogP) is 3.26. The van der Waals surface area contributed by atoms with Gasteiger partial charge in [0.25, 0.3) is 0 Å². The molecule has 5 nitrogen and oxygen atoms in total. The highest BCUT2D eigenvalue weighted by Crippen LogP contribution is 2.36. The quantitative estimate of drug-likeness (QED) is 0.767. The molecule has 4 rings (SSSR count). The van der Waals surface area contributed by atoms with Crippen molar-refractivity contribution in [3.8, 4) is 11.5 Å². The number of hydrogen-bond donors (Lipinski definition) is 2. The number of benzene rings is 1. The highest BCUT2D eigenvalue weighted by Gasteiger charge is 2.34. The Morgan fingerprint density at radius 1 is 1.15 bits per heavy atom. The lowest BCUT2D eigenvalue weighted by Crippen LogP contribution is -2.50. The molecule has 0 bridgehead atoms. The summed E-state index contributed by atoms with van der Waals surface area (Å²) in [6, 6.07) is 7.27. The van der Waals surface area contributed by atoms with Crippen LogP contribution >= 0.6 is 0 Å². The van der Waals surface area contributed by atoms with E-state index in [4.69, 9.17) is 14.2 Å². The van der Waals surface area contributed by atoms with E-state index in [1.54, 1.807) is 7.11 Å². The van der Waals surface area contributed by atoms with Crippen molar-refractivity contribution in [2.75, 3.05) is 26.9 Å². The van der Waals surface area contributed by atoms with Gasteiger partial charge in [-0.1, -0.05) is 18.6 Å². The third-order valence-corrected chi connectivity index (χ3v) is 6.46. The van der Waals surface area contributed by atoms with Crippen molar-refractivity contribution in [2.45, 2.75) is 69.7 Å². The van der Waals surface area contributed by atoms with Crippen molar-refractivity contribution in [3.63, 3.8) is 0 Å². The van der Waals surface area contributed by atoms with Crippen LogP contribution in [0.1, 0.15) is 50.5 Å². The van der Waals surface area contributed by atoms with Gasteiger partial charge in [0, 0.05) is 30.7 Å². The Labute approximate surface area is 163 Å². The molecule has 2 aliphatic carbocycles. The molecule has 27 heavy (non-hydrogen) atoms. The maximum atomic E-state index is 6.39. The predicted molar refractivity (Wildman–Crippen MR) is 106 cm³/mol. The summed E-state index contributed by atoms with van der Waals surface area (Å²) in [5, 5.41) is 7.49. The third-order valence-electron chi connectivity index (χ3n) is 6.46. The van der Waals surface area contributed by atoms with E-state index >= 15 is 0 Å². The second-order valence-corrected chi connectivity index (χ2v) is 8.19. The molecule has 0 spiro atoms. The van der Waals surface area contributed by atoms with Crippen LogP contribution in [0.15, 0.2) is 18.2 Å². The van der Waals surface area contributed by atoms with Crippen molar-refractivity contribution in [2.24, 2.45) is 5.92 Å². The zero-order valence-electron chi connectivity index (χ0n) is 16.5. The second kappa shape index (κ2) is 9.26. The molecule has 0 radical (unpaired) electrons.